The molecule has 28 heavy (non-hydrogen) atoms. The van der Waals surface area contributed by atoms with Gasteiger partial charge < -0.3 is 19.9 Å². The minimum absolute atomic E-state index is 0.223. The van der Waals surface area contributed by atoms with Crippen LogP contribution >= 0.6 is 23.8 Å². The Bertz CT molecular complexity index is 804. The zero-order chi connectivity index (χ0) is 20.1. The first-order valence-corrected chi connectivity index (χ1v) is 10.4. The van der Waals surface area contributed by atoms with Crippen LogP contribution in [0.5, 0.6) is 0 Å². The first-order valence-electron chi connectivity index (χ1n) is 9.63. The van der Waals surface area contributed by atoms with Crippen LogP contribution in [0.4, 0.5) is 11.4 Å². The number of thiocarbonyl (C=S) groups is 1. The third-order valence-electron chi connectivity index (χ3n) is 5.07. The molecule has 0 spiro atoms. The summed E-state index contributed by atoms with van der Waals surface area (Å²) >= 11 is 12.0. The maximum Gasteiger partial charge on any atom is 0.173 e. The van der Waals surface area contributed by atoms with Gasteiger partial charge in [-0.25, -0.2) is 0 Å². The van der Waals surface area contributed by atoms with Crippen molar-refractivity contribution in [3.8, 4) is 0 Å². The summed E-state index contributed by atoms with van der Waals surface area (Å²) in [7, 11) is 4.09. The van der Waals surface area contributed by atoms with Crippen molar-refractivity contribution in [3.63, 3.8) is 0 Å². The SMILES string of the molecule is Cc1c(Cl)cccc1NC(=S)N(Cc1ccc(N(C)C)cc1)C[C@@H]1CCCO1. The third kappa shape index (κ3) is 5.37. The van der Waals surface area contributed by atoms with Crippen molar-refractivity contribution in [1.82, 2.24) is 4.90 Å². The number of nitrogens with one attached hydrogen (secondary N) is 1. The Morgan fingerprint density at radius 3 is 2.61 bits per heavy atom. The molecule has 1 atom stereocenters. The molecule has 2 aromatic carbocycles. The van der Waals surface area contributed by atoms with E-state index in [4.69, 9.17) is 28.6 Å². The lowest BCUT2D eigenvalue weighted by Crippen LogP contribution is -2.39. The summed E-state index contributed by atoms with van der Waals surface area (Å²) in [6, 6.07) is 14.4. The highest BCUT2D eigenvalue weighted by Crippen LogP contribution is 2.24. The average Bonchev–Trinajstić information content (AvgIpc) is 3.18. The maximum absolute atomic E-state index is 6.26. The molecular weight excluding hydrogens is 390 g/mol. The van der Waals surface area contributed by atoms with E-state index in [1.165, 1.54) is 11.3 Å². The molecule has 1 saturated heterocycles. The van der Waals surface area contributed by atoms with E-state index in [0.29, 0.717) is 5.11 Å². The van der Waals surface area contributed by atoms with E-state index in [2.05, 4.69) is 39.4 Å². The molecule has 1 heterocycles. The van der Waals surface area contributed by atoms with Gasteiger partial charge in [-0.1, -0.05) is 29.8 Å². The van der Waals surface area contributed by atoms with Gasteiger partial charge in [0.1, 0.15) is 0 Å². The zero-order valence-corrected chi connectivity index (χ0v) is 18.3. The van der Waals surface area contributed by atoms with E-state index in [1.807, 2.05) is 39.2 Å². The van der Waals surface area contributed by atoms with Gasteiger partial charge in [0.05, 0.1) is 6.10 Å². The Balaban J connectivity index is 1.75. The Kier molecular flexibility index (Phi) is 7.16. The first-order chi connectivity index (χ1) is 13.4. The van der Waals surface area contributed by atoms with Crippen molar-refractivity contribution >= 4 is 40.3 Å². The second kappa shape index (κ2) is 9.59. The van der Waals surface area contributed by atoms with Crippen LogP contribution in [0.3, 0.4) is 0 Å². The van der Waals surface area contributed by atoms with E-state index in [9.17, 15) is 0 Å². The Labute approximate surface area is 178 Å². The number of hydrogen-bond acceptors (Lipinski definition) is 3. The van der Waals surface area contributed by atoms with Gasteiger partial charge in [0, 0.05) is 50.2 Å². The summed E-state index contributed by atoms with van der Waals surface area (Å²) in [4.78, 5) is 4.29. The van der Waals surface area contributed by atoms with Crippen LogP contribution in [-0.4, -0.2) is 43.4 Å². The summed E-state index contributed by atoms with van der Waals surface area (Å²) in [6.07, 6.45) is 2.42. The number of rotatable bonds is 6. The molecule has 0 unspecified atom stereocenters. The number of hydrogen-bond donors (Lipinski definition) is 1. The minimum atomic E-state index is 0.223. The van der Waals surface area contributed by atoms with Crippen LogP contribution in [0.1, 0.15) is 24.0 Å². The molecule has 1 N–H and O–H groups in total. The van der Waals surface area contributed by atoms with Crippen LogP contribution in [-0.2, 0) is 11.3 Å². The van der Waals surface area contributed by atoms with Crippen LogP contribution < -0.4 is 10.2 Å². The van der Waals surface area contributed by atoms with E-state index in [1.54, 1.807) is 0 Å². The van der Waals surface area contributed by atoms with Crippen molar-refractivity contribution in [1.29, 1.82) is 0 Å². The molecule has 4 nitrogen and oxygen atoms in total. The topological polar surface area (TPSA) is 27.7 Å². The highest BCUT2D eigenvalue weighted by Gasteiger charge is 2.21. The molecule has 0 aliphatic carbocycles. The molecule has 1 fully saturated rings. The molecule has 6 heteroatoms. The van der Waals surface area contributed by atoms with Crippen molar-refractivity contribution in [2.75, 3.05) is 37.5 Å². The summed E-state index contributed by atoms with van der Waals surface area (Å²) < 4.78 is 5.86. The van der Waals surface area contributed by atoms with Gasteiger partial charge in [0.2, 0.25) is 0 Å². The van der Waals surface area contributed by atoms with Gasteiger partial charge in [0.25, 0.3) is 0 Å². The molecule has 1 aliphatic heterocycles. The molecule has 3 rings (SSSR count). The van der Waals surface area contributed by atoms with E-state index >= 15 is 0 Å². The summed E-state index contributed by atoms with van der Waals surface area (Å²) in [5.74, 6) is 0. The second-order valence-corrected chi connectivity index (χ2v) is 8.21. The Morgan fingerprint density at radius 1 is 1.21 bits per heavy atom. The van der Waals surface area contributed by atoms with Crippen molar-refractivity contribution in [3.05, 3.63) is 58.6 Å². The van der Waals surface area contributed by atoms with Crippen LogP contribution in [0.25, 0.3) is 0 Å². The summed E-state index contributed by atoms with van der Waals surface area (Å²) in [5.41, 5.74) is 4.34. The predicted octanol–water partition coefficient (Wildman–Crippen LogP) is 5.09. The van der Waals surface area contributed by atoms with Gasteiger partial charge in [-0.2, -0.15) is 0 Å². The standard InChI is InChI=1S/C22H28ClN3OS/c1-16-20(23)7-4-8-21(16)24-22(28)26(15-19-6-5-13-27-19)14-17-9-11-18(12-10-17)25(2)3/h4,7-12,19H,5-6,13-15H2,1-3H3,(H,24,28)/t19-/m0/s1. The fourth-order valence-corrected chi connectivity index (χ4v) is 3.73. The first kappa shape index (κ1) is 20.9. The van der Waals surface area contributed by atoms with Crippen molar-refractivity contribution in [2.24, 2.45) is 0 Å². The van der Waals surface area contributed by atoms with Gasteiger partial charge in [-0.15, -0.1) is 0 Å². The maximum atomic E-state index is 6.26. The number of ether oxygens (including phenoxy) is 1. The number of halogens is 1. The quantitative estimate of drug-likeness (QED) is 0.660. The highest BCUT2D eigenvalue weighted by molar-refractivity contribution is 7.80. The van der Waals surface area contributed by atoms with Crippen LogP contribution in [0.2, 0.25) is 5.02 Å². The van der Waals surface area contributed by atoms with E-state index < -0.39 is 0 Å². The lowest BCUT2D eigenvalue weighted by molar-refractivity contribution is 0.0905. The predicted molar refractivity (Wildman–Crippen MR) is 123 cm³/mol. The Morgan fingerprint density at radius 2 is 1.96 bits per heavy atom. The smallest absolute Gasteiger partial charge is 0.173 e. The Hall–Kier alpha value is -1.82. The largest absolute Gasteiger partial charge is 0.378 e. The highest BCUT2D eigenvalue weighted by atomic mass is 35.5. The van der Waals surface area contributed by atoms with Gasteiger partial charge >= 0.3 is 0 Å². The van der Waals surface area contributed by atoms with Gasteiger partial charge in [-0.3, -0.25) is 0 Å². The van der Waals surface area contributed by atoms with Gasteiger partial charge in [0.15, 0.2) is 5.11 Å². The fourth-order valence-electron chi connectivity index (χ4n) is 3.31. The third-order valence-corrected chi connectivity index (χ3v) is 5.84. The molecule has 0 aromatic heterocycles. The van der Waals surface area contributed by atoms with Crippen LogP contribution in [0.15, 0.2) is 42.5 Å². The molecule has 150 valence electrons. The second-order valence-electron chi connectivity index (χ2n) is 7.42. The molecule has 0 amide bonds. The lowest BCUT2D eigenvalue weighted by atomic mass is 10.1. The van der Waals surface area contributed by atoms with E-state index in [0.717, 1.165) is 48.8 Å². The summed E-state index contributed by atoms with van der Waals surface area (Å²) in [5, 5.41) is 4.81. The number of benzene rings is 2. The number of anilines is 2. The minimum Gasteiger partial charge on any atom is -0.378 e. The average molecular weight is 418 g/mol. The lowest BCUT2D eigenvalue weighted by Gasteiger charge is -2.29. The normalized spacial score (nSPS) is 16.1. The summed E-state index contributed by atoms with van der Waals surface area (Å²) in [6.45, 7) is 4.35. The molecular formula is C22H28ClN3OS. The fraction of sp³-hybridized carbons (Fsp3) is 0.409. The molecule has 0 bridgehead atoms. The van der Waals surface area contributed by atoms with Crippen LogP contribution in [0, 0.1) is 6.92 Å². The van der Waals surface area contributed by atoms with Crippen molar-refractivity contribution in [2.45, 2.75) is 32.4 Å². The monoisotopic (exact) mass is 417 g/mol. The van der Waals surface area contributed by atoms with Crippen molar-refractivity contribution < 1.29 is 4.74 Å². The molecule has 1 aliphatic rings. The molecule has 0 saturated carbocycles. The zero-order valence-electron chi connectivity index (χ0n) is 16.7. The van der Waals surface area contributed by atoms with E-state index in [-0.39, 0.29) is 6.10 Å². The molecule has 2 aromatic rings. The molecule has 0 radical (unpaired) electrons. The number of nitrogens with zero attached hydrogens (tertiary/aromatic N) is 2. The van der Waals surface area contributed by atoms with Gasteiger partial charge in [-0.05, 0) is 67.4 Å².